The van der Waals surface area contributed by atoms with Gasteiger partial charge in [0.15, 0.2) is 0 Å². The molecule has 1 aliphatic carbocycles. The van der Waals surface area contributed by atoms with Gasteiger partial charge in [0.1, 0.15) is 5.60 Å². The third-order valence-electron chi connectivity index (χ3n) is 3.22. The van der Waals surface area contributed by atoms with Gasteiger partial charge in [-0.15, -0.1) is 0 Å². The van der Waals surface area contributed by atoms with Gasteiger partial charge in [0.25, 0.3) is 0 Å². The molecule has 23 heavy (non-hydrogen) atoms. The van der Waals surface area contributed by atoms with Crippen molar-refractivity contribution in [3.05, 3.63) is 29.6 Å². The molecule has 0 saturated heterocycles. The summed E-state index contributed by atoms with van der Waals surface area (Å²) in [6.07, 6.45) is 9.04. The Morgan fingerprint density at radius 3 is 2.57 bits per heavy atom. The number of hydrazine groups is 1. The van der Waals surface area contributed by atoms with Crippen LogP contribution in [0.15, 0.2) is 18.3 Å². The van der Waals surface area contributed by atoms with Crippen LogP contribution in [0.5, 0.6) is 0 Å². The molecule has 1 amide bonds. The summed E-state index contributed by atoms with van der Waals surface area (Å²) in [5.74, 6) is 0. The highest BCUT2D eigenvalue weighted by atomic mass is 16.6. The molecule has 124 valence electrons. The molecule has 1 aromatic heterocycles. The van der Waals surface area contributed by atoms with Crippen molar-refractivity contribution in [3.8, 4) is 0 Å². The molecule has 4 N–H and O–H groups in total. The van der Waals surface area contributed by atoms with Gasteiger partial charge in [-0.2, -0.15) is 0 Å². The molecular weight excluding hydrogens is 292 g/mol. The Bertz CT molecular complexity index is 670. The Morgan fingerprint density at radius 1 is 1.26 bits per heavy atom. The number of nitrogens with one attached hydrogen (secondary N) is 2. The Balaban J connectivity index is 2.24. The zero-order valence-corrected chi connectivity index (χ0v) is 14.2. The number of ether oxygens (including phenoxy) is 1. The Hall–Kier alpha value is -2.50. The molecule has 2 rings (SSSR count). The van der Waals surface area contributed by atoms with E-state index in [2.05, 4.69) is 41.8 Å². The van der Waals surface area contributed by atoms with E-state index in [9.17, 15) is 4.79 Å². The second kappa shape index (κ2) is 5.95. The highest BCUT2D eigenvalue weighted by molar-refractivity contribution is 5.84. The van der Waals surface area contributed by atoms with Crippen molar-refractivity contribution >= 4 is 29.6 Å². The van der Waals surface area contributed by atoms with E-state index in [1.165, 1.54) is 0 Å². The second-order valence-electron chi connectivity index (χ2n) is 7.13. The first-order chi connectivity index (χ1) is 10.6. The van der Waals surface area contributed by atoms with Gasteiger partial charge >= 0.3 is 6.09 Å². The van der Waals surface area contributed by atoms with Gasteiger partial charge < -0.3 is 10.5 Å². The summed E-state index contributed by atoms with van der Waals surface area (Å²) in [6, 6.07) is 0. The average molecular weight is 316 g/mol. The smallest absolute Gasteiger partial charge is 0.426 e. The Labute approximate surface area is 136 Å². The number of amides is 1. The average Bonchev–Trinajstić information content (AvgIpc) is 2.55. The normalized spacial score (nSPS) is 15.5. The minimum Gasteiger partial charge on any atom is -0.443 e. The number of carbonyl (C=O) groups excluding carboxylic acids is 1. The maximum Gasteiger partial charge on any atom is 0.426 e. The number of nitrogens with two attached hydrogens (primary N) is 1. The molecule has 0 saturated carbocycles. The maximum absolute atomic E-state index is 11.8. The van der Waals surface area contributed by atoms with E-state index in [-0.39, 0.29) is 5.41 Å². The van der Waals surface area contributed by atoms with Gasteiger partial charge in [0.05, 0.1) is 23.3 Å². The van der Waals surface area contributed by atoms with Crippen LogP contribution in [0.2, 0.25) is 0 Å². The van der Waals surface area contributed by atoms with E-state index < -0.39 is 11.7 Å². The summed E-state index contributed by atoms with van der Waals surface area (Å²) < 4.78 is 5.20. The van der Waals surface area contributed by atoms with Crippen LogP contribution < -0.4 is 16.6 Å². The largest absolute Gasteiger partial charge is 0.443 e. The third kappa shape index (κ3) is 4.48. The minimum absolute atomic E-state index is 0.0780. The lowest BCUT2D eigenvalue weighted by molar-refractivity contribution is 0.0541. The standard InChI is InChI=1S/C17H24N4O2/c1-16(2,3)23-15(22)21-20-14-11-6-8-17(4,5)9-7-13(11)19-10-12(14)18/h6-10H,18H2,1-5H3,(H,19,20)(H,21,22). The molecule has 1 aromatic rings. The molecule has 0 bridgehead atoms. The van der Waals surface area contributed by atoms with Crippen molar-refractivity contribution in [2.45, 2.75) is 40.2 Å². The fourth-order valence-electron chi connectivity index (χ4n) is 2.06. The van der Waals surface area contributed by atoms with Gasteiger partial charge in [-0.25, -0.2) is 10.2 Å². The second-order valence-corrected chi connectivity index (χ2v) is 7.13. The van der Waals surface area contributed by atoms with Gasteiger partial charge in [-0.3, -0.25) is 10.4 Å². The topological polar surface area (TPSA) is 89.3 Å². The first kappa shape index (κ1) is 16.9. The van der Waals surface area contributed by atoms with Crippen molar-refractivity contribution in [2.24, 2.45) is 5.41 Å². The molecule has 6 heteroatoms. The van der Waals surface area contributed by atoms with Crippen LogP contribution >= 0.6 is 0 Å². The summed E-state index contributed by atoms with van der Waals surface area (Å²) >= 11 is 0. The minimum atomic E-state index is -0.573. The van der Waals surface area contributed by atoms with Gasteiger partial charge in [-0.1, -0.05) is 32.1 Å². The van der Waals surface area contributed by atoms with Crippen LogP contribution in [0, 0.1) is 5.41 Å². The Kier molecular flexibility index (Phi) is 4.36. The van der Waals surface area contributed by atoms with Gasteiger partial charge in [0.2, 0.25) is 0 Å². The monoisotopic (exact) mass is 316 g/mol. The summed E-state index contributed by atoms with van der Waals surface area (Å²) in [7, 11) is 0. The van der Waals surface area contributed by atoms with Crippen LogP contribution in [0.3, 0.4) is 0 Å². The zero-order valence-electron chi connectivity index (χ0n) is 14.2. The van der Waals surface area contributed by atoms with Crippen LogP contribution in [-0.4, -0.2) is 16.7 Å². The number of carbonyl (C=O) groups is 1. The number of rotatable bonds is 2. The van der Waals surface area contributed by atoms with Crippen molar-refractivity contribution in [3.63, 3.8) is 0 Å². The molecule has 0 spiro atoms. The first-order valence-electron chi connectivity index (χ1n) is 7.49. The summed E-state index contributed by atoms with van der Waals surface area (Å²) in [5.41, 5.74) is 13.4. The molecule has 0 fully saturated rings. The predicted octanol–water partition coefficient (Wildman–Crippen LogP) is 3.58. The van der Waals surface area contributed by atoms with Gasteiger partial charge in [0, 0.05) is 11.0 Å². The quantitative estimate of drug-likeness (QED) is 0.726. The number of hydrogen-bond donors (Lipinski definition) is 3. The fraction of sp³-hybridized carbons (Fsp3) is 0.412. The number of nitrogens with zero attached hydrogens (tertiary/aromatic N) is 1. The van der Waals surface area contributed by atoms with Crippen molar-refractivity contribution in [1.82, 2.24) is 10.4 Å². The molecule has 1 aliphatic rings. The molecule has 0 atom stereocenters. The third-order valence-corrected chi connectivity index (χ3v) is 3.22. The summed E-state index contributed by atoms with van der Waals surface area (Å²) in [6.45, 7) is 9.60. The van der Waals surface area contributed by atoms with E-state index in [1.54, 1.807) is 27.0 Å². The van der Waals surface area contributed by atoms with Crippen molar-refractivity contribution in [1.29, 1.82) is 0 Å². The lowest BCUT2D eigenvalue weighted by atomic mass is 9.93. The number of aromatic nitrogens is 1. The molecule has 0 radical (unpaired) electrons. The number of pyridine rings is 1. The lowest BCUT2D eigenvalue weighted by Gasteiger charge is -2.21. The van der Waals surface area contributed by atoms with Crippen LogP contribution in [0.4, 0.5) is 16.2 Å². The fourth-order valence-corrected chi connectivity index (χ4v) is 2.06. The lowest BCUT2D eigenvalue weighted by Crippen LogP contribution is -2.36. The number of allylic oxidation sites excluding steroid dienone is 2. The molecule has 0 unspecified atom stereocenters. The summed E-state index contributed by atoms with van der Waals surface area (Å²) in [5, 5.41) is 0. The van der Waals surface area contributed by atoms with Gasteiger partial charge in [-0.05, 0) is 26.8 Å². The van der Waals surface area contributed by atoms with E-state index in [1.807, 2.05) is 12.2 Å². The molecule has 6 nitrogen and oxygen atoms in total. The van der Waals surface area contributed by atoms with Crippen molar-refractivity contribution in [2.75, 3.05) is 11.2 Å². The van der Waals surface area contributed by atoms with E-state index in [0.717, 1.165) is 11.3 Å². The molecule has 0 aliphatic heterocycles. The molecule has 0 aromatic carbocycles. The van der Waals surface area contributed by atoms with E-state index >= 15 is 0 Å². The SMILES string of the molecule is CC1(C)C=Cc2ncc(N)c(NNC(=O)OC(C)(C)C)c2C=C1. The zero-order chi connectivity index (χ0) is 17.3. The summed E-state index contributed by atoms with van der Waals surface area (Å²) in [4.78, 5) is 16.1. The maximum atomic E-state index is 11.8. The number of nitrogen functional groups attached to an aromatic ring is 1. The number of hydrogen-bond acceptors (Lipinski definition) is 5. The van der Waals surface area contributed by atoms with E-state index in [0.29, 0.717) is 11.4 Å². The highest BCUT2D eigenvalue weighted by Crippen LogP contribution is 2.32. The predicted molar refractivity (Wildman–Crippen MR) is 93.5 cm³/mol. The van der Waals surface area contributed by atoms with Crippen LogP contribution in [0.1, 0.15) is 45.9 Å². The van der Waals surface area contributed by atoms with Crippen LogP contribution in [-0.2, 0) is 4.74 Å². The van der Waals surface area contributed by atoms with Crippen LogP contribution in [0.25, 0.3) is 12.2 Å². The van der Waals surface area contributed by atoms with E-state index in [4.69, 9.17) is 10.5 Å². The number of fused-ring (bicyclic) bond motifs is 1. The Morgan fingerprint density at radius 2 is 1.91 bits per heavy atom. The number of anilines is 2. The first-order valence-corrected chi connectivity index (χ1v) is 7.49. The highest BCUT2D eigenvalue weighted by Gasteiger charge is 2.19. The molecule has 1 heterocycles. The van der Waals surface area contributed by atoms with Crippen molar-refractivity contribution < 1.29 is 9.53 Å². The molecular formula is C17H24N4O2.